The highest BCUT2D eigenvalue weighted by molar-refractivity contribution is 5.28. The molecule has 32 heavy (non-hydrogen) atoms. The molecule has 4 rings (SSSR count). The van der Waals surface area contributed by atoms with Crippen molar-refractivity contribution in [3.05, 3.63) is 11.6 Å². The van der Waals surface area contributed by atoms with E-state index < -0.39 is 0 Å². The van der Waals surface area contributed by atoms with E-state index >= 15 is 0 Å². The number of hydrogen-bond donors (Lipinski definition) is 1. The maximum absolute atomic E-state index is 10.9. The molecule has 9 atom stereocenters. The lowest BCUT2D eigenvalue weighted by Crippen LogP contribution is -2.53. The molecule has 3 unspecified atom stereocenters. The van der Waals surface area contributed by atoms with Crippen LogP contribution in [-0.2, 0) is 0 Å². The number of rotatable bonds is 8. The van der Waals surface area contributed by atoms with Crippen LogP contribution < -0.4 is 0 Å². The van der Waals surface area contributed by atoms with E-state index in [0.29, 0.717) is 22.7 Å². The summed E-state index contributed by atoms with van der Waals surface area (Å²) in [5, 5.41) is 10.9. The summed E-state index contributed by atoms with van der Waals surface area (Å²) in [5.41, 5.74) is 2.86. The second kappa shape index (κ2) is 9.75. The summed E-state index contributed by atoms with van der Waals surface area (Å²) in [6.45, 7) is 15.0. The predicted octanol–water partition coefficient (Wildman–Crippen LogP) is 8.81. The molecule has 1 nitrogen and oxygen atoms in total. The average Bonchev–Trinajstić information content (AvgIpc) is 3.10. The van der Waals surface area contributed by atoms with E-state index in [2.05, 4.69) is 47.6 Å². The van der Waals surface area contributed by atoms with E-state index in [1.807, 2.05) is 5.57 Å². The molecule has 0 aromatic carbocycles. The molecule has 0 heterocycles. The van der Waals surface area contributed by atoms with Gasteiger partial charge in [-0.25, -0.2) is 0 Å². The molecule has 0 aromatic heterocycles. The Morgan fingerprint density at radius 1 is 0.938 bits per heavy atom. The minimum atomic E-state index is -0.0500. The van der Waals surface area contributed by atoms with E-state index in [1.54, 1.807) is 0 Å². The molecule has 3 saturated carbocycles. The summed E-state index contributed by atoms with van der Waals surface area (Å²) in [4.78, 5) is 0. The molecule has 3 fully saturated rings. The third-order valence-electron chi connectivity index (χ3n) is 11.4. The van der Waals surface area contributed by atoms with Crippen molar-refractivity contribution in [2.45, 2.75) is 131 Å². The van der Waals surface area contributed by atoms with Crippen molar-refractivity contribution >= 4 is 0 Å². The summed E-state index contributed by atoms with van der Waals surface area (Å²) in [6, 6.07) is 0. The first-order chi connectivity index (χ1) is 15.2. The minimum absolute atomic E-state index is 0.0500. The number of fused-ring (bicyclic) bond motifs is 5. The van der Waals surface area contributed by atoms with Crippen LogP contribution in [0.1, 0.15) is 125 Å². The zero-order valence-electron chi connectivity index (χ0n) is 22.3. The summed E-state index contributed by atoms with van der Waals surface area (Å²) < 4.78 is 0. The molecule has 0 aromatic rings. The van der Waals surface area contributed by atoms with Crippen LogP contribution in [0.15, 0.2) is 11.6 Å². The van der Waals surface area contributed by atoms with E-state index in [4.69, 9.17) is 0 Å². The van der Waals surface area contributed by atoms with Crippen molar-refractivity contribution in [2.24, 2.45) is 52.3 Å². The molecule has 184 valence electrons. The lowest BCUT2D eigenvalue weighted by atomic mass is 9.45. The van der Waals surface area contributed by atoms with Crippen LogP contribution >= 0.6 is 0 Å². The lowest BCUT2D eigenvalue weighted by molar-refractivity contribution is -0.0861. The fourth-order valence-electron chi connectivity index (χ4n) is 9.60. The van der Waals surface area contributed by atoms with Crippen LogP contribution in [0.5, 0.6) is 0 Å². The molecular formula is C31H54O. The van der Waals surface area contributed by atoms with Gasteiger partial charge in [0.1, 0.15) is 0 Å². The maximum atomic E-state index is 10.9. The Kier molecular flexibility index (Phi) is 7.56. The van der Waals surface area contributed by atoms with Crippen molar-refractivity contribution < 1.29 is 5.11 Å². The second-order valence-corrected chi connectivity index (χ2v) is 13.6. The number of allylic oxidation sites excluding steroid dienone is 2. The zero-order valence-corrected chi connectivity index (χ0v) is 22.3. The first-order valence-corrected chi connectivity index (χ1v) is 14.6. The Labute approximate surface area is 200 Å². The van der Waals surface area contributed by atoms with E-state index in [-0.39, 0.29) is 6.10 Å². The number of aliphatic hydroxyl groups excluding tert-OH is 1. The zero-order chi connectivity index (χ0) is 23.1. The van der Waals surface area contributed by atoms with Gasteiger partial charge in [0.15, 0.2) is 0 Å². The molecule has 0 saturated heterocycles. The maximum Gasteiger partial charge on any atom is 0.0571 e. The van der Waals surface area contributed by atoms with E-state index in [1.165, 1.54) is 77.0 Å². The number of aliphatic hydroxyl groups is 1. The van der Waals surface area contributed by atoms with Gasteiger partial charge in [-0.15, -0.1) is 0 Å². The third-order valence-corrected chi connectivity index (χ3v) is 11.4. The minimum Gasteiger partial charge on any atom is -0.393 e. The molecule has 0 bridgehead atoms. The van der Waals surface area contributed by atoms with Crippen LogP contribution in [0.3, 0.4) is 0 Å². The monoisotopic (exact) mass is 442 g/mol. The Balaban J connectivity index is 1.52. The quantitative estimate of drug-likeness (QED) is 0.372. The van der Waals surface area contributed by atoms with Gasteiger partial charge in [0, 0.05) is 0 Å². The average molecular weight is 443 g/mol. The Morgan fingerprint density at radius 2 is 1.66 bits per heavy atom. The normalized spacial score (nSPS) is 44.6. The summed E-state index contributed by atoms with van der Waals surface area (Å²) in [7, 11) is 0. The number of unbranched alkanes of at least 4 members (excludes halogenated alkanes) is 1. The molecule has 0 radical (unpaired) electrons. The van der Waals surface area contributed by atoms with E-state index in [9.17, 15) is 5.11 Å². The van der Waals surface area contributed by atoms with Crippen molar-refractivity contribution in [1.82, 2.24) is 0 Å². The predicted molar refractivity (Wildman–Crippen MR) is 137 cm³/mol. The summed E-state index contributed by atoms with van der Waals surface area (Å²) in [5.74, 6) is 5.55. The third kappa shape index (κ3) is 4.27. The van der Waals surface area contributed by atoms with Gasteiger partial charge < -0.3 is 5.11 Å². The van der Waals surface area contributed by atoms with Gasteiger partial charge >= 0.3 is 0 Å². The molecule has 1 N–H and O–H groups in total. The van der Waals surface area contributed by atoms with Crippen LogP contribution in [0.2, 0.25) is 0 Å². The first kappa shape index (κ1) is 24.8. The largest absolute Gasteiger partial charge is 0.393 e. The molecule has 0 spiro atoms. The molecule has 0 amide bonds. The van der Waals surface area contributed by atoms with Crippen LogP contribution in [-0.4, -0.2) is 11.2 Å². The first-order valence-electron chi connectivity index (χ1n) is 14.6. The lowest BCUT2D eigenvalue weighted by Gasteiger charge is -2.59. The Bertz CT molecular complexity index is 663. The van der Waals surface area contributed by atoms with Crippen molar-refractivity contribution in [2.75, 3.05) is 0 Å². The molecule has 4 aliphatic rings. The molecular weight excluding hydrogens is 388 g/mol. The second-order valence-electron chi connectivity index (χ2n) is 13.6. The van der Waals surface area contributed by atoms with Gasteiger partial charge in [-0.05, 0) is 104 Å². The molecule has 1 heteroatoms. The van der Waals surface area contributed by atoms with Crippen LogP contribution in [0.25, 0.3) is 0 Å². The van der Waals surface area contributed by atoms with Crippen molar-refractivity contribution in [3.8, 4) is 0 Å². The number of hydrogen-bond acceptors (Lipinski definition) is 1. The van der Waals surface area contributed by atoms with Gasteiger partial charge in [-0.3, -0.25) is 0 Å². The fraction of sp³-hybridized carbons (Fsp3) is 0.935. The van der Waals surface area contributed by atoms with Gasteiger partial charge in [-0.1, -0.05) is 85.3 Å². The molecule has 0 aliphatic heterocycles. The highest BCUT2D eigenvalue weighted by Gasteiger charge is 2.59. The summed E-state index contributed by atoms with van der Waals surface area (Å²) in [6.07, 6.45) is 20.0. The van der Waals surface area contributed by atoms with Crippen LogP contribution in [0, 0.1) is 52.3 Å². The SMILES string of the molecule is CCCCC1C2CC=C3[C@@H]4CC[C@H](C(C)CCCC(C)C)[C@@]4(C)CC[C@@H]3[C@@]2(C)CC[C@@H]1O. The summed E-state index contributed by atoms with van der Waals surface area (Å²) >= 11 is 0. The van der Waals surface area contributed by atoms with Gasteiger partial charge in [0.25, 0.3) is 0 Å². The van der Waals surface area contributed by atoms with E-state index in [0.717, 1.165) is 36.0 Å². The van der Waals surface area contributed by atoms with Crippen molar-refractivity contribution in [3.63, 3.8) is 0 Å². The standard InChI is InChI=1S/C31H54O/c1-7-8-12-24-27-14-13-23-26-16-15-25(22(4)11-9-10-21(2)3)30(26,5)19-17-28(23)31(27,6)20-18-29(24)32/h13,21-22,24-29,32H,7-12,14-20H2,1-6H3/t22?,24?,25-,26+,27?,28+,29+,30-,31+/m1/s1. The fourth-order valence-corrected chi connectivity index (χ4v) is 9.60. The topological polar surface area (TPSA) is 20.2 Å². The van der Waals surface area contributed by atoms with Gasteiger partial charge in [-0.2, -0.15) is 0 Å². The van der Waals surface area contributed by atoms with Gasteiger partial charge in [0.05, 0.1) is 6.10 Å². The smallest absolute Gasteiger partial charge is 0.0571 e. The Morgan fingerprint density at radius 3 is 2.38 bits per heavy atom. The van der Waals surface area contributed by atoms with Crippen LogP contribution in [0.4, 0.5) is 0 Å². The van der Waals surface area contributed by atoms with Gasteiger partial charge in [0.2, 0.25) is 0 Å². The Hall–Kier alpha value is -0.300. The highest BCUT2D eigenvalue weighted by atomic mass is 16.3. The molecule has 4 aliphatic carbocycles. The highest BCUT2D eigenvalue weighted by Crippen LogP contribution is 2.67. The van der Waals surface area contributed by atoms with Crippen molar-refractivity contribution in [1.29, 1.82) is 0 Å².